The number of rotatable bonds is 0. The lowest BCUT2D eigenvalue weighted by Gasteiger charge is -1.93. The first-order chi connectivity index (χ1) is 4.61. The Balaban J connectivity index is 3.62. The molecule has 1 rings (SSSR count). The topological polar surface area (TPSA) is 65.7 Å². The minimum Gasteiger partial charge on any atom is -0.311 e. The normalized spacial score (nSPS) is 9.80. The van der Waals surface area contributed by atoms with Crippen LogP contribution in [-0.2, 0) is 0 Å². The van der Waals surface area contributed by atoms with Crippen molar-refractivity contribution in [2.24, 2.45) is 0 Å². The van der Waals surface area contributed by atoms with E-state index in [1.54, 1.807) is 6.92 Å². The highest BCUT2D eigenvalue weighted by Gasteiger charge is 1.96. The average molecular weight is 158 g/mol. The molecule has 10 heavy (non-hydrogen) atoms. The van der Waals surface area contributed by atoms with E-state index in [1.165, 1.54) is 0 Å². The number of aromatic nitrogens is 2. The van der Waals surface area contributed by atoms with Crippen molar-refractivity contribution in [1.29, 1.82) is 0 Å². The lowest BCUT2D eigenvalue weighted by atomic mass is 10.4. The van der Waals surface area contributed by atoms with E-state index < -0.39 is 5.69 Å². The highest BCUT2D eigenvalue weighted by Crippen LogP contribution is 1.82. The van der Waals surface area contributed by atoms with Gasteiger partial charge < -0.3 is 4.98 Å². The van der Waals surface area contributed by atoms with Crippen LogP contribution in [0.1, 0.15) is 5.69 Å². The third-order valence-electron chi connectivity index (χ3n) is 1.18. The average Bonchev–Trinajstić information content (AvgIpc) is 1.82. The van der Waals surface area contributed by atoms with Crippen LogP contribution in [0.4, 0.5) is 0 Å². The number of hydrogen-bond donors (Lipinski definition) is 2. The molecule has 1 aromatic rings. The maximum atomic E-state index is 10.8. The fourth-order valence-corrected chi connectivity index (χ4v) is 0.754. The van der Waals surface area contributed by atoms with Crippen molar-refractivity contribution in [1.82, 2.24) is 9.97 Å². The van der Waals surface area contributed by atoms with Crippen LogP contribution >= 0.6 is 9.24 Å². The van der Waals surface area contributed by atoms with Crippen molar-refractivity contribution in [3.63, 3.8) is 0 Å². The van der Waals surface area contributed by atoms with Crippen LogP contribution in [0.5, 0.6) is 0 Å². The minimum atomic E-state index is -0.464. The van der Waals surface area contributed by atoms with Gasteiger partial charge in [-0.2, -0.15) is 0 Å². The van der Waals surface area contributed by atoms with Crippen LogP contribution in [0.15, 0.2) is 9.59 Å². The molecular formula is C5H7N2O2P. The van der Waals surface area contributed by atoms with Gasteiger partial charge in [-0.15, -0.1) is 0 Å². The Bertz CT molecular complexity index is 351. The van der Waals surface area contributed by atoms with Crippen LogP contribution in [0.25, 0.3) is 0 Å². The molecule has 5 heteroatoms. The molecule has 1 heterocycles. The number of hydrogen-bond acceptors (Lipinski definition) is 2. The molecule has 0 aromatic carbocycles. The van der Waals surface area contributed by atoms with Crippen molar-refractivity contribution >= 4 is 14.5 Å². The number of H-pyrrole nitrogens is 2. The maximum absolute atomic E-state index is 10.8. The number of nitrogens with one attached hydrogen (secondary N) is 2. The Labute approximate surface area is 58.9 Å². The summed E-state index contributed by atoms with van der Waals surface area (Å²) in [4.78, 5) is 25.8. The fraction of sp³-hybridized carbons (Fsp3) is 0.200. The first kappa shape index (κ1) is 7.22. The van der Waals surface area contributed by atoms with Crippen molar-refractivity contribution in [3.8, 4) is 0 Å². The van der Waals surface area contributed by atoms with E-state index in [9.17, 15) is 9.59 Å². The van der Waals surface area contributed by atoms with Crippen molar-refractivity contribution in [2.45, 2.75) is 6.92 Å². The summed E-state index contributed by atoms with van der Waals surface area (Å²) in [6, 6.07) is 0. The Kier molecular flexibility index (Phi) is 1.72. The summed E-state index contributed by atoms with van der Waals surface area (Å²) in [6.45, 7) is 1.67. The van der Waals surface area contributed by atoms with Gasteiger partial charge in [0.15, 0.2) is 0 Å². The van der Waals surface area contributed by atoms with Crippen LogP contribution in [0.3, 0.4) is 0 Å². The summed E-state index contributed by atoms with van der Waals surface area (Å²) < 4.78 is 0. The molecule has 4 nitrogen and oxygen atoms in total. The predicted molar refractivity (Wildman–Crippen MR) is 41.8 cm³/mol. The van der Waals surface area contributed by atoms with Crippen LogP contribution < -0.4 is 16.6 Å². The summed E-state index contributed by atoms with van der Waals surface area (Å²) in [5.41, 5.74) is -0.237. The molecule has 0 radical (unpaired) electrons. The van der Waals surface area contributed by atoms with Gasteiger partial charge >= 0.3 is 5.69 Å². The molecule has 0 amide bonds. The van der Waals surface area contributed by atoms with Gasteiger partial charge in [0.1, 0.15) is 0 Å². The molecule has 0 bridgehead atoms. The zero-order chi connectivity index (χ0) is 7.72. The molecule has 54 valence electrons. The van der Waals surface area contributed by atoms with Crippen molar-refractivity contribution in [2.75, 3.05) is 0 Å². The molecule has 1 unspecified atom stereocenters. The highest BCUT2D eigenvalue weighted by molar-refractivity contribution is 7.27. The molecule has 0 saturated heterocycles. The lowest BCUT2D eigenvalue weighted by Crippen LogP contribution is -2.33. The fourth-order valence-electron chi connectivity index (χ4n) is 0.610. The van der Waals surface area contributed by atoms with E-state index in [4.69, 9.17) is 0 Å². The van der Waals surface area contributed by atoms with Gasteiger partial charge in [-0.3, -0.25) is 9.78 Å². The van der Waals surface area contributed by atoms with E-state index in [0.717, 1.165) is 0 Å². The predicted octanol–water partition coefficient (Wildman–Crippen LogP) is -1.13. The Morgan fingerprint density at radius 1 is 1.30 bits per heavy atom. The van der Waals surface area contributed by atoms with E-state index in [2.05, 4.69) is 19.2 Å². The van der Waals surface area contributed by atoms with E-state index in [-0.39, 0.29) is 5.56 Å². The first-order valence-corrected chi connectivity index (χ1v) is 3.27. The van der Waals surface area contributed by atoms with Crippen molar-refractivity contribution < 1.29 is 0 Å². The van der Waals surface area contributed by atoms with Crippen LogP contribution in [-0.4, -0.2) is 9.97 Å². The van der Waals surface area contributed by atoms with Gasteiger partial charge in [-0.25, -0.2) is 4.79 Å². The number of aryl methyl sites for hydroxylation is 1. The molecule has 1 aromatic heterocycles. The first-order valence-electron chi connectivity index (χ1n) is 2.70. The van der Waals surface area contributed by atoms with Gasteiger partial charge in [0.25, 0.3) is 5.56 Å². The highest BCUT2D eigenvalue weighted by atomic mass is 31.0. The summed E-state index contributed by atoms with van der Waals surface area (Å²) in [5.74, 6) is 0. The zero-order valence-electron chi connectivity index (χ0n) is 5.39. The molecule has 2 N–H and O–H groups in total. The molecule has 0 aliphatic rings. The summed E-state index contributed by atoms with van der Waals surface area (Å²) in [6.07, 6.45) is 0. The smallest absolute Gasteiger partial charge is 0.311 e. The Hall–Kier alpha value is -0.890. The Morgan fingerprint density at radius 3 is 2.40 bits per heavy atom. The quantitative estimate of drug-likeness (QED) is 0.469. The largest absolute Gasteiger partial charge is 0.325 e. The molecule has 0 fully saturated rings. The standard InChI is InChI=1S/C5H7N2O2P/c1-2-3(10)4(8)7-5(9)6-2/h10H2,1H3,(H2,6,7,8,9). The second-order valence-corrected chi connectivity index (χ2v) is 2.52. The van der Waals surface area contributed by atoms with Crippen LogP contribution in [0.2, 0.25) is 0 Å². The second-order valence-electron chi connectivity index (χ2n) is 1.95. The van der Waals surface area contributed by atoms with Gasteiger partial charge in [0, 0.05) is 5.69 Å². The SMILES string of the molecule is Cc1[nH]c(=O)[nH]c(=O)c1P. The monoisotopic (exact) mass is 158 g/mol. The van der Waals surface area contributed by atoms with E-state index in [1.807, 2.05) is 0 Å². The third-order valence-corrected chi connectivity index (χ3v) is 1.87. The van der Waals surface area contributed by atoms with Gasteiger partial charge in [0.2, 0.25) is 0 Å². The minimum absolute atomic E-state index is 0.355. The molecule has 0 aliphatic heterocycles. The molecule has 0 saturated carbocycles. The Morgan fingerprint density at radius 2 is 1.90 bits per heavy atom. The maximum Gasteiger partial charge on any atom is 0.325 e. The summed E-state index contributed by atoms with van der Waals surface area (Å²) in [5, 5.41) is 0.472. The third kappa shape index (κ3) is 1.16. The molecule has 0 spiro atoms. The van der Waals surface area contributed by atoms with Crippen LogP contribution in [0, 0.1) is 6.92 Å². The zero-order valence-corrected chi connectivity index (χ0v) is 6.55. The second kappa shape index (κ2) is 2.39. The van der Waals surface area contributed by atoms with E-state index >= 15 is 0 Å². The number of aromatic amines is 2. The van der Waals surface area contributed by atoms with Crippen molar-refractivity contribution in [3.05, 3.63) is 26.5 Å². The lowest BCUT2D eigenvalue weighted by molar-refractivity contribution is 1.01. The molecular weight excluding hydrogens is 151 g/mol. The van der Waals surface area contributed by atoms with E-state index in [0.29, 0.717) is 11.0 Å². The van der Waals surface area contributed by atoms with Gasteiger partial charge in [-0.05, 0) is 6.92 Å². The van der Waals surface area contributed by atoms with Gasteiger partial charge in [-0.1, -0.05) is 9.24 Å². The molecule has 0 aliphatic carbocycles. The summed E-state index contributed by atoms with van der Waals surface area (Å²) >= 11 is 0. The van der Waals surface area contributed by atoms with Gasteiger partial charge in [0.05, 0.1) is 5.30 Å². The summed E-state index contributed by atoms with van der Waals surface area (Å²) in [7, 11) is 2.25. The molecule has 1 atom stereocenters.